The Balaban J connectivity index is 3.37. The largest absolute Gasteiger partial charge is 0.373 e. The highest BCUT2D eigenvalue weighted by Gasteiger charge is 2.13. The van der Waals surface area contributed by atoms with Crippen LogP contribution in [0.15, 0.2) is 23.3 Å². The lowest BCUT2D eigenvalue weighted by Crippen LogP contribution is -2.19. The van der Waals surface area contributed by atoms with Gasteiger partial charge in [-0.1, -0.05) is 6.08 Å². The summed E-state index contributed by atoms with van der Waals surface area (Å²) < 4.78 is 0. The Hall–Kier alpha value is -1.64. The molecule has 0 amide bonds. The number of rotatable bonds is 4. The van der Waals surface area contributed by atoms with Gasteiger partial charge in [0.2, 0.25) is 0 Å². The minimum absolute atomic E-state index is 0.923. The SMILES string of the molecule is CC=N/C(=C\C)c1nccc(C)c1N(C)CC. The molecule has 1 aromatic rings. The van der Waals surface area contributed by atoms with Crippen molar-refractivity contribution >= 4 is 17.6 Å². The van der Waals surface area contributed by atoms with E-state index in [9.17, 15) is 0 Å². The molecule has 3 nitrogen and oxygen atoms in total. The normalized spacial score (nSPS) is 12.2. The third-order valence-corrected chi connectivity index (χ3v) is 2.77. The van der Waals surface area contributed by atoms with Gasteiger partial charge in [0.05, 0.1) is 11.4 Å². The maximum absolute atomic E-state index is 4.47. The molecule has 92 valence electrons. The van der Waals surface area contributed by atoms with Gasteiger partial charge in [0.25, 0.3) is 0 Å². The van der Waals surface area contributed by atoms with Crippen molar-refractivity contribution in [2.75, 3.05) is 18.5 Å². The molecule has 0 aliphatic rings. The summed E-state index contributed by atoms with van der Waals surface area (Å²) in [7, 11) is 2.08. The van der Waals surface area contributed by atoms with Crippen LogP contribution in [-0.2, 0) is 0 Å². The van der Waals surface area contributed by atoms with Crippen molar-refractivity contribution in [2.45, 2.75) is 27.7 Å². The molecule has 0 unspecified atom stereocenters. The molecule has 0 aliphatic heterocycles. The first-order chi connectivity index (χ1) is 8.15. The van der Waals surface area contributed by atoms with E-state index in [0.29, 0.717) is 0 Å². The summed E-state index contributed by atoms with van der Waals surface area (Å²) in [6.07, 6.45) is 5.64. The highest BCUT2D eigenvalue weighted by molar-refractivity contribution is 5.79. The maximum Gasteiger partial charge on any atom is 0.112 e. The summed E-state index contributed by atoms with van der Waals surface area (Å²) in [4.78, 5) is 11.1. The number of hydrogen-bond acceptors (Lipinski definition) is 3. The Morgan fingerprint density at radius 2 is 2.18 bits per heavy atom. The number of aryl methyl sites for hydroxylation is 1. The molecular formula is C14H21N3. The maximum atomic E-state index is 4.47. The van der Waals surface area contributed by atoms with Gasteiger partial charge in [0.15, 0.2) is 0 Å². The van der Waals surface area contributed by atoms with Crippen molar-refractivity contribution in [3.63, 3.8) is 0 Å². The van der Waals surface area contributed by atoms with E-state index in [1.807, 2.05) is 32.2 Å². The van der Waals surface area contributed by atoms with Crippen molar-refractivity contribution in [1.82, 2.24) is 4.98 Å². The molecule has 0 aliphatic carbocycles. The monoisotopic (exact) mass is 231 g/mol. The quantitative estimate of drug-likeness (QED) is 0.744. The highest BCUT2D eigenvalue weighted by atomic mass is 15.1. The molecule has 17 heavy (non-hydrogen) atoms. The Morgan fingerprint density at radius 3 is 2.71 bits per heavy atom. The summed E-state index contributed by atoms with van der Waals surface area (Å²) in [6.45, 7) is 9.10. The molecule has 0 bridgehead atoms. The third kappa shape index (κ3) is 2.93. The molecule has 0 aromatic carbocycles. The molecule has 0 radical (unpaired) electrons. The Labute approximate surface area is 104 Å². The number of allylic oxidation sites excluding steroid dienone is 1. The molecule has 1 heterocycles. The average Bonchev–Trinajstić information content (AvgIpc) is 2.34. The van der Waals surface area contributed by atoms with Crippen molar-refractivity contribution in [1.29, 1.82) is 0 Å². The van der Waals surface area contributed by atoms with E-state index in [2.05, 4.69) is 35.8 Å². The topological polar surface area (TPSA) is 28.5 Å². The lowest BCUT2D eigenvalue weighted by Gasteiger charge is -2.22. The van der Waals surface area contributed by atoms with Crippen LogP contribution in [0.5, 0.6) is 0 Å². The summed E-state index contributed by atoms with van der Waals surface area (Å²) in [5, 5.41) is 0. The lowest BCUT2D eigenvalue weighted by atomic mass is 10.1. The average molecular weight is 231 g/mol. The molecular weight excluding hydrogens is 210 g/mol. The molecule has 3 heteroatoms. The van der Waals surface area contributed by atoms with E-state index >= 15 is 0 Å². The molecule has 0 N–H and O–H groups in total. The Kier molecular flexibility index (Phi) is 4.88. The zero-order valence-corrected chi connectivity index (χ0v) is 11.4. The standard InChI is InChI=1S/C14H21N3/c1-6-12(15-7-2)13-14(17(5)8-3)11(4)9-10-16-13/h6-7,9-10H,8H2,1-5H3/b12-6-,15-7?. The first-order valence-corrected chi connectivity index (χ1v) is 5.97. The van der Waals surface area contributed by atoms with Crippen molar-refractivity contribution in [3.8, 4) is 0 Å². The molecule has 0 saturated carbocycles. The van der Waals surface area contributed by atoms with Crippen molar-refractivity contribution < 1.29 is 0 Å². The zero-order valence-electron chi connectivity index (χ0n) is 11.4. The summed E-state index contributed by atoms with van der Waals surface area (Å²) in [5.41, 5.74) is 4.26. The predicted molar refractivity (Wildman–Crippen MR) is 75.7 cm³/mol. The van der Waals surface area contributed by atoms with Crippen LogP contribution in [0, 0.1) is 6.92 Å². The Bertz CT molecular complexity index is 433. The van der Waals surface area contributed by atoms with Gasteiger partial charge in [-0.05, 0) is 39.3 Å². The van der Waals surface area contributed by atoms with E-state index in [-0.39, 0.29) is 0 Å². The van der Waals surface area contributed by atoms with Gasteiger partial charge in [0.1, 0.15) is 5.69 Å². The van der Waals surface area contributed by atoms with Crippen molar-refractivity contribution in [2.24, 2.45) is 4.99 Å². The second-order valence-electron chi connectivity index (χ2n) is 3.90. The van der Waals surface area contributed by atoms with Gasteiger partial charge in [-0.3, -0.25) is 9.98 Å². The number of aliphatic imine (C=N–C) groups is 1. The number of hydrogen-bond donors (Lipinski definition) is 0. The number of anilines is 1. The van der Waals surface area contributed by atoms with E-state index in [1.165, 1.54) is 5.56 Å². The van der Waals surface area contributed by atoms with Crippen LogP contribution in [0.4, 0.5) is 5.69 Å². The summed E-state index contributed by atoms with van der Waals surface area (Å²) in [5.74, 6) is 0. The Morgan fingerprint density at radius 1 is 1.47 bits per heavy atom. The fourth-order valence-corrected chi connectivity index (χ4v) is 1.79. The molecule has 0 spiro atoms. The van der Waals surface area contributed by atoms with Crippen LogP contribution >= 0.6 is 0 Å². The first-order valence-electron chi connectivity index (χ1n) is 5.97. The van der Waals surface area contributed by atoms with E-state index in [4.69, 9.17) is 0 Å². The van der Waals surface area contributed by atoms with Crippen LogP contribution in [0.25, 0.3) is 5.70 Å². The summed E-state index contributed by atoms with van der Waals surface area (Å²) >= 11 is 0. The fourth-order valence-electron chi connectivity index (χ4n) is 1.79. The zero-order chi connectivity index (χ0) is 12.8. The summed E-state index contributed by atoms with van der Waals surface area (Å²) in [6, 6.07) is 2.04. The number of nitrogens with zero attached hydrogens (tertiary/aromatic N) is 3. The van der Waals surface area contributed by atoms with Gasteiger partial charge < -0.3 is 4.90 Å². The van der Waals surface area contributed by atoms with E-state index in [1.54, 1.807) is 6.21 Å². The van der Waals surface area contributed by atoms with E-state index < -0.39 is 0 Å². The molecule has 1 rings (SSSR count). The minimum Gasteiger partial charge on any atom is -0.373 e. The van der Waals surface area contributed by atoms with Crippen LogP contribution in [0.3, 0.4) is 0 Å². The number of pyridine rings is 1. The molecule has 0 atom stereocenters. The van der Waals surface area contributed by atoms with Gasteiger partial charge in [0, 0.05) is 26.0 Å². The second kappa shape index (κ2) is 6.18. The first kappa shape index (κ1) is 13.4. The number of aromatic nitrogens is 1. The van der Waals surface area contributed by atoms with Crippen LogP contribution < -0.4 is 4.90 Å². The predicted octanol–water partition coefficient (Wildman–Crippen LogP) is 3.30. The van der Waals surface area contributed by atoms with Gasteiger partial charge in [-0.15, -0.1) is 0 Å². The van der Waals surface area contributed by atoms with Gasteiger partial charge in [-0.25, -0.2) is 0 Å². The lowest BCUT2D eigenvalue weighted by molar-refractivity contribution is 0.947. The molecule has 0 saturated heterocycles. The van der Waals surface area contributed by atoms with Crippen molar-refractivity contribution in [3.05, 3.63) is 29.6 Å². The van der Waals surface area contributed by atoms with Crippen LogP contribution in [0.2, 0.25) is 0 Å². The second-order valence-corrected chi connectivity index (χ2v) is 3.90. The van der Waals surface area contributed by atoms with Crippen LogP contribution in [0.1, 0.15) is 32.0 Å². The van der Waals surface area contributed by atoms with Gasteiger partial charge in [-0.2, -0.15) is 0 Å². The van der Waals surface area contributed by atoms with E-state index in [0.717, 1.165) is 23.6 Å². The molecule has 0 fully saturated rings. The third-order valence-electron chi connectivity index (χ3n) is 2.77. The van der Waals surface area contributed by atoms with Gasteiger partial charge >= 0.3 is 0 Å². The van der Waals surface area contributed by atoms with Crippen LogP contribution in [-0.4, -0.2) is 24.8 Å². The minimum atomic E-state index is 0.923. The highest BCUT2D eigenvalue weighted by Crippen LogP contribution is 2.28. The molecule has 1 aromatic heterocycles. The smallest absolute Gasteiger partial charge is 0.112 e. The fraction of sp³-hybridized carbons (Fsp3) is 0.429.